The smallest absolute Gasteiger partial charge is 0.271 e. The Morgan fingerprint density at radius 1 is 1.35 bits per heavy atom. The SMILES string of the molecule is CCNC(=O)c1ccc(NCCOC2CCCC2)nn1. The van der Waals surface area contributed by atoms with Gasteiger partial charge in [-0.3, -0.25) is 4.79 Å². The minimum atomic E-state index is -0.198. The van der Waals surface area contributed by atoms with Crippen molar-refractivity contribution in [1.82, 2.24) is 15.5 Å². The molecule has 0 aliphatic heterocycles. The molecule has 0 spiro atoms. The molecule has 2 N–H and O–H groups in total. The average Bonchev–Trinajstić information content (AvgIpc) is 2.98. The maximum atomic E-state index is 11.5. The summed E-state index contributed by atoms with van der Waals surface area (Å²) < 4.78 is 5.74. The highest BCUT2D eigenvalue weighted by Crippen LogP contribution is 2.20. The van der Waals surface area contributed by atoms with Crippen LogP contribution in [0, 0.1) is 0 Å². The number of rotatable bonds is 7. The van der Waals surface area contributed by atoms with Crippen LogP contribution in [0.25, 0.3) is 0 Å². The van der Waals surface area contributed by atoms with E-state index >= 15 is 0 Å². The Kier molecular flexibility index (Phi) is 5.73. The van der Waals surface area contributed by atoms with Gasteiger partial charge < -0.3 is 15.4 Å². The fourth-order valence-electron chi connectivity index (χ4n) is 2.26. The van der Waals surface area contributed by atoms with Gasteiger partial charge in [-0.25, -0.2) is 0 Å². The van der Waals surface area contributed by atoms with E-state index in [1.807, 2.05) is 6.92 Å². The molecular formula is C14H22N4O2. The molecule has 6 heteroatoms. The van der Waals surface area contributed by atoms with Gasteiger partial charge in [-0.05, 0) is 31.9 Å². The molecule has 6 nitrogen and oxygen atoms in total. The molecular weight excluding hydrogens is 256 g/mol. The Morgan fingerprint density at radius 2 is 2.15 bits per heavy atom. The molecule has 0 saturated heterocycles. The highest BCUT2D eigenvalue weighted by Gasteiger charge is 2.14. The van der Waals surface area contributed by atoms with Crippen LogP contribution in [0.5, 0.6) is 0 Å². The summed E-state index contributed by atoms with van der Waals surface area (Å²) >= 11 is 0. The fourth-order valence-corrected chi connectivity index (χ4v) is 2.26. The minimum absolute atomic E-state index is 0.198. The number of hydrogen-bond acceptors (Lipinski definition) is 5. The maximum absolute atomic E-state index is 11.5. The quantitative estimate of drug-likeness (QED) is 0.741. The van der Waals surface area contributed by atoms with E-state index in [0.717, 1.165) is 0 Å². The van der Waals surface area contributed by atoms with Crippen molar-refractivity contribution in [3.05, 3.63) is 17.8 Å². The lowest BCUT2D eigenvalue weighted by molar-refractivity contribution is 0.0658. The van der Waals surface area contributed by atoms with E-state index < -0.39 is 0 Å². The first-order chi connectivity index (χ1) is 9.79. The lowest BCUT2D eigenvalue weighted by Crippen LogP contribution is -2.24. The van der Waals surface area contributed by atoms with Gasteiger partial charge in [0.15, 0.2) is 5.69 Å². The average molecular weight is 278 g/mol. The first-order valence-electron chi connectivity index (χ1n) is 7.27. The number of nitrogens with one attached hydrogen (secondary N) is 2. The molecule has 0 atom stereocenters. The van der Waals surface area contributed by atoms with Crippen molar-refractivity contribution < 1.29 is 9.53 Å². The van der Waals surface area contributed by atoms with Crippen molar-refractivity contribution in [2.45, 2.75) is 38.7 Å². The van der Waals surface area contributed by atoms with E-state index in [1.165, 1.54) is 25.7 Å². The van der Waals surface area contributed by atoms with Crippen LogP contribution in [0.2, 0.25) is 0 Å². The van der Waals surface area contributed by atoms with Gasteiger partial charge in [0.1, 0.15) is 5.82 Å². The Morgan fingerprint density at radius 3 is 2.80 bits per heavy atom. The summed E-state index contributed by atoms with van der Waals surface area (Å²) in [5, 5.41) is 13.7. The van der Waals surface area contributed by atoms with Crippen molar-refractivity contribution in [3.8, 4) is 0 Å². The molecule has 1 aromatic rings. The summed E-state index contributed by atoms with van der Waals surface area (Å²) in [6.07, 6.45) is 5.36. The van der Waals surface area contributed by atoms with Crippen LogP contribution in [-0.4, -0.2) is 41.9 Å². The van der Waals surface area contributed by atoms with Crippen LogP contribution in [0.3, 0.4) is 0 Å². The van der Waals surface area contributed by atoms with Gasteiger partial charge in [-0.15, -0.1) is 10.2 Å². The number of nitrogens with zero attached hydrogens (tertiary/aromatic N) is 2. The van der Waals surface area contributed by atoms with Crippen molar-refractivity contribution in [3.63, 3.8) is 0 Å². The van der Waals surface area contributed by atoms with Crippen LogP contribution in [0.1, 0.15) is 43.1 Å². The molecule has 1 aliphatic rings. The Balaban J connectivity index is 1.69. The van der Waals surface area contributed by atoms with E-state index in [1.54, 1.807) is 12.1 Å². The van der Waals surface area contributed by atoms with Crippen molar-refractivity contribution in [2.24, 2.45) is 0 Å². The zero-order chi connectivity index (χ0) is 14.2. The molecule has 2 rings (SSSR count). The zero-order valence-corrected chi connectivity index (χ0v) is 11.9. The summed E-state index contributed by atoms with van der Waals surface area (Å²) in [4.78, 5) is 11.5. The summed E-state index contributed by atoms with van der Waals surface area (Å²) in [7, 11) is 0. The third kappa shape index (κ3) is 4.45. The molecule has 1 amide bonds. The van der Waals surface area contributed by atoms with Gasteiger partial charge in [0.05, 0.1) is 12.7 Å². The molecule has 1 fully saturated rings. The third-order valence-electron chi connectivity index (χ3n) is 3.30. The Hall–Kier alpha value is -1.69. The van der Waals surface area contributed by atoms with Crippen LogP contribution in [0.15, 0.2) is 12.1 Å². The second-order valence-corrected chi connectivity index (χ2v) is 4.87. The molecule has 0 bridgehead atoms. The van der Waals surface area contributed by atoms with E-state index in [-0.39, 0.29) is 5.91 Å². The van der Waals surface area contributed by atoms with Gasteiger partial charge in [-0.2, -0.15) is 0 Å². The van der Waals surface area contributed by atoms with E-state index in [2.05, 4.69) is 20.8 Å². The molecule has 110 valence electrons. The number of ether oxygens (including phenoxy) is 1. The van der Waals surface area contributed by atoms with Crippen molar-refractivity contribution in [1.29, 1.82) is 0 Å². The van der Waals surface area contributed by atoms with Crippen molar-refractivity contribution >= 4 is 11.7 Å². The van der Waals surface area contributed by atoms with Crippen LogP contribution < -0.4 is 10.6 Å². The Labute approximate surface area is 119 Å². The van der Waals surface area contributed by atoms with Crippen molar-refractivity contribution in [2.75, 3.05) is 25.0 Å². The predicted molar refractivity (Wildman–Crippen MR) is 76.7 cm³/mol. The molecule has 0 aromatic carbocycles. The number of carbonyl (C=O) groups is 1. The fraction of sp³-hybridized carbons (Fsp3) is 0.643. The molecule has 1 aromatic heterocycles. The number of anilines is 1. The van der Waals surface area contributed by atoms with Crippen LogP contribution >= 0.6 is 0 Å². The number of amides is 1. The molecule has 0 unspecified atom stereocenters. The van der Waals surface area contributed by atoms with Gasteiger partial charge in [0.25, 0.3) is 5.91 Å². The summed E-state index contributed by atoms with van der Waals surface area (Å²) in [5.74, 6) is 0.462. The molecule has 1 heterocycles. The standard InChI is InChI=1S/C14H22N4O2/c1-2-15-14(19)12-7-8-13(18-17-12)16-9-10-20-11-5-3-4-6-11/h7-8,11H,2-6,9-10H2,1H3,(H,15,19)(H,16,18). The largest absolute Gasteiger partial charge is 0.376 e. The highest BCUT2D eigenvalue weighted by atomic mass is 16.5. The highest BCUT2D eigenvalue weighted by molar-refractivity contribution is 5.92. The molecule has 1 saturated carbocycles. The second-order valence-electron chi connectivity index (χ2n) is 4.87. The summed E-state index contributed by atoms with van der Waals surface area (Å²) in [6, 6.07) is 3.42. The van der Waals surface area contributed by atoms with Crippen LogP contribution in [-0.2, 0) is 4.74 Å². The molecule has 1 aliphatic carbocycles. The first kappa shape index (κ1) is 14.7. The van der Waals surface area contributed by atoms with E-state index in [4.69, 9.17) is 4.74 Å². The lowest BCUT2D eigenvalue weighted by atomic mass is 10.3. The molecule has 0 radical (unpaired) electrons. The molecule has 20 heavy (non-hydrogen) atoms. The normalized spacial score (nSPS) is 15.2. The first-order valence-corrected chi connectivity index (χ1v) is 7.27. The summed E-state index contributed by atoms with van der Waals surface area (Å²) in [5.41, 5.74) is 0.333. The predicted octanol–water partition coefficient (Wildman–Crippen LogP) is 1.60. The zero-order valence-electron chi connectivity index (χ0n) is 11.9. The van der Waals surface area contributed by atoms with Crippen LogP contribution in [0.4, 0.5) is 5.82 Å². The van der Waals surface area contributed by atoms with E-state index in [0.29, 0.717) is 37.3 Å². The van der Waals surface area contributed by atoms with E-state index in [9.17, 15) is 4.79 Å². The van der Waals surface area contributed by atoms with Gasteiger partial charge in [0.2, 0.25) is 0 Å². The summed E-state index contributed by atoms with van der Waals surface area (Å²) in [6.45, 7) is 3.82. The lowest BCUT2D eigenvalue weighted by Gasteiger charge is -2.11. The van der Waals surface area contributed by atoms with Gasteiger partial charge in [-0.1, -0.05) is 12.8 Å². The minimum Gasteiger partial charge on any atom is -0.376 e. The number of aromatic nitrogens is 2. The number of hydrogen-bond donors (Lipinski definition) is 2. The third-order valence-corrected chi connectivity index (χ3v) is 3.30. The maximum Gasteiger partial charge on any atom is 0.271 e. The number of carbonyl (C=O) groups excluding carboxylic acids is 1. The topological polar surface area (TPSA) is 76.1 Å². The van der Waals surface area contributed by atoms with Gasteiger partial charge in [0, 0.05) is 13.1 Å². The van der Waals surface area contributed by atoms with Gasteiger partial charge >= 0.3 is 0 Å². The second kappa shape index (κ2) is 7.79. The monoisotopic (exact) mass is 278 g/mol. The Bertz CT molecular complexity index is 416.